The number of nitrogens with zero attached hydrogens (tertiary/aromatic N) is 1. The van der Waals surface area contributed by atoms with Gasteiger partial charge in [-0.05, 0) is 29.7 Å². The Kier molecular flexibility index (Phi) is 5.45. The van der Waals surface area contributed by atoms with Crippen LogP contribution >= 0.6 is 11.6 Å². The van der Waals surface area contributed by atoms with Gasteiger partial charge in [-0.3, -0.25) is 0 Å². The number of hydrogen-bond donors (Lipinski definition) is 1. The predicted molar refractivity (Wildman–Crippen MR) is 75.2 cm³/mol. The highest BCUT2D eigenvalue weighted by Crippen LogP contribution is 2.18. The number of piperazine rings is 1. The van der Waals surface area contributed by atoms with Crippen molar-refractivity contribution in [3.05, 3.63) is 34.3 Å². The summed E-state index contributed by atoms with van der Waals surface area (Å²) < 4.78 is 5.23. The van der Waals surface area contributed by atoms with Crippen molar-refractivity contribution in [3.8, 4) is 0 Å². The lowest BCUT2D eigenvalue weighted by Crippen LogP contribution is -2.44. The van der Waals surface area contributed by atoms with Crippen molar-refractivity contribution in [2.45, 2.75) is 13.0 Å². The van der Waals surface area contributed by atoms with E-state index in [1.807, 2.05) is 12.1 Å². The Morgan fingerprint density at radius 1 is 1.28 bits per heavy atom. The van der Waals surface area contributed by atoms with Crippen molar-refractivity contribution < 1.29 is 4.74 Å². The van der Waals surface area contributed by atoms with Crippen molar-refractivity contribution in [1.29, 1.82) is 0 Å². The summed E-state index contributed by atoms with van der Waals surface area (Å²) in [5.41, 5.74) is 2.56. The summed E-state index contributed by atoms with van der Waals surface area (Å²) in [6.45, 7) is 6.25. The van der Waals surface area contributed by atoms with Gasteiger partial charge >= 0.3 is 0 Å². The number of nitrogens with one attached hydrogen (secondary N) is 1. The van der Waals surface area contributed by atoms with E-state index in [2.05, 4.69) is 16.3 Å². The third kappa shape index (κ3) is 3.95. The Bertz CT molecular complexity index is 378. The van der Waals surface area contributed by atoms with E-state index in [-0.39, 0.29) is 0 Å². The maximum absolute atomic E-state index is 6.03. The Labute approximate surface area is 114 Å². The molecule has 0 atom stereocenters. The number of benzene rings is 1. The van der Waals surface area contributed by atoms with Gasteiger partial charge in [-0.2, -0.15) is 0 Å². The molecule has 0 spiro atoms. The van der Waals surface area contributed by atoms with Crippen LogP contribution in [0.4, 0.5) is 0 Å². The lowest BCUT2D eigenvalue weighted by molar-refractivity contribution is 0.183. The molecule has 0 unspecified atom stereocenters. The highest BCUT2D eigenvalue weighted by Gasteiger charge is 2.10. The average Bonchev–Trinajstić information content (AvgIpc) is 2.39. The van der Waals surface area contributed by atoms with Crippen molar-refractivity contribution >= 4 is 11.6 Å². The van der Waals surface area contributed by atoms with E-state index in [0.717, 1.165) is 44.2 Å². The maximum Gasteiger partial charge on any atom is 0.0716 e. The number of hydrogen-bond acceptors (Lipinski definition) is 3. The molecule has 0 amide bonds. The number of ether oxygens (including phenoxy) is 1. The molecule has 1 N–H and O–H groups in total. The third-order valence-electron chi connectivity index (χ3n) is 3.38. The van der Waals surface area contributed by atoms with Crippen LogP contribution < -0.4 is 5.32 Å². The second-order valence-electron chi connectivity index (χ2n) is 4.69. The first-order valence-electron chi connectivity index (χ1n) is 6.49. The van der Waals surface area contributed by atoms with Crippen molar-refractivity contribution in [3.63, 3.8) is 0 Å². The molecule has 0 saturated carbocycles. The molecule has 1 aromatic carbocycles. The monoisotopic (exact) mass is 268 g/mol. The third-order valence-corrected chi connectivity index (χ3v) is 3.61. The second-order valence-corrected chi connectivity index (χ2v) is 5.12. The van der Waals surface area contributed by atoms with Crippen LogP contribution in [-0.2, 0) is 17.8 Å². The van der Waals surface area contributed by atoms with Gasteiger partial charge in [0, 0.05) is 44.9 Å². The van der Waals surface area contributed by atoms with Gasteiger partial charge < -0.3 is 15.0 Å². The Morgan fingerprint density at radius 3 is 2.78 bits per heavy atom. The van der Waals surface area contributed by atoms with E-state index in [1.54, 1.807) is 7.11 Å². The fourth-order valence-corrected chi connectivity index (χ4v) is 2.54. The van der Waals surface area contributed by atoms with E-state index < -0.39 is 0 Å². The van der Waals surface area contributed by atoms with Gasteiger partial charge in [0.15, 0.2) is 0 Å². The lowest BCUT2D eigenvalue weighted by Gasteiger charge is -2.27. The molecule has 0 radical (unpaired) electrons. The highest BCUT2D eigenvalue weighted by molar-refractivity contribution is 6.30. The van der Waals surface area contributed by atoms with Crippen LogP contribution in [0.1, 0.15) is 11.1 Å². The molecule has 0 bridgehead atoms. The molecular formula is C14H21ClN2O. The minimum Gasteiger partial charge on any atom is -0.380 e. The largest absolute Gasteiger partial charge is 0.380 e. The molecule has 0 aliphatic carbocycles. The fraction of sp³-hybridized carbons (Fsp3) is 0.571. The van der Waals surface area contributed by atoms with E-state index in [4.69, 9.17) is 16.3 Å². The summed E-state index contributed by atoms with van der Waals surface area (Å²) in [4.78, 5) is 2.50. The van der Waals surface area contributed by atoms with E-state index in [9.17, 15) is 0 Å². The van der Waals surface area contributed by atoms with Crippen LogP contribution in [0.15, 0.2) is 18.2 Å². The summed E-state index contributed by atoms with van der Waals surface area (Å²) in [5.74, 6) is 0. The molecule has 3 nitrogen and oxygen atoms in total. The maximum atomic E-state index is 6.03. The molecule has 1 aromatic rings. The van der Waals surface area contributed by atoms with Crippen molar-refractivity contribution in [1.82, 2.24) is 10.2 Å². The van der Waals surface area contributed by atoms with Gasteiger partial charge in [0.05, 0.1) is 6.61 Å². The van der Waals surface area contributed by atoms with Gasteiger partial charge in [-0.1, -0.05) is 17.7 Å². The summed E-state index contributed by atoms with van der Waals surface area (Å²) in [6.07, 6.45) is 1.07. The molecule has 100 valence electrons. The Morgan fingerprint density at radius 2 is 2.06 bits per heavy atom. The quantitative estimate of drug-likeness (QED) is 0.883. The fourth-order valence-electron chi connectivity index (χ4n) is 2.34. The van der Waals surface area contributed by atoms with Crippen molar-refractivity contribution in [2.75, 3.05) is 39.8 Å². The van der Waals surface area contributed by atoms with Gasteiger partial charge in [0.2, 0.25) is 0 Å². The van der Waals surface area contributed by atoms with E-state index in [0.29, 0.717) is 6.61 Å². The minimum atomic E-state index is 0.636. The van der Waals surface area contributed by atoms with Gasteiger partial charge in [0.25, 0.3) is 0 Å². The zero-order valence-electron chi connectivity index (χ0n) is 10.9. The average molecular weight is 269 g/mol. The van der Waals surface area contributed by atoms with Crippen molar-refractivity contribution in [2.24, 2.45) is 0 Å². The molecule has 4 heteroatoms. The Hall–Kier alpha value is -0.610. The standard InChI is InChI=1S/C14H21ClN2O/c1-18-11-13-10-14(15)3-2-12(13)4-7-17-8-5-16-6-9-17/h2-3,10,16H,4-9,11H2,1H3. The van der Waals surface area contributed by atoms with Gasteiger partial charge in [-0.15, -0.1) is 0 Å². The van der Waals surface area contributed by atoms with Crippen LogP contribution in [0.25, 0.3) is 0 Å². The minimum absolute atomic E-state index is 0.636. The first-order valence-corrected chi connectivity index (χ1v) is 6.86. The van der Waals surface area contributed by atoms with Crippen LogP contribution in [0.5, 0.6) is 0 Å². The smallest absolute Gasteiger partial charge is 0.0716 e. The van der Waals surface area contributed by atoms with Crippen LogP contribution in [0, 0.1) is 0 Å². The van der Waals surface area contributed by atoms with Gasteiger partial charge in [0.1, 0.15) is 0 Å². The molecule has 0 aromatic heterocycles. The first-order chi connectivity index (χ1) is 8.79. The molecule has 1 fully saturated rings. The normalized spacial score (nSPS) is 17.0. The predicted octanol–water partition coefficient (Wildman–Crippen LogP) is 1.93. The van der Waals surface area contributed by atoms with Crippen LogP contribution in [0.3, 0.4) is 0 Å². The molecule has 1 aliphatic rings. The lowest BCUT2D eigenvalue weighted by atomic mass is 10.0. The van der Waals surface area contributed by atoms with E-state index in [1.165, 1.54) is 11.1 Å². The summed E-state index contributed by atoms with van der Waals surface area (Å²) in [6, 6.07) is 6.10. The number of rotatable bonds is 5. The van der Waals surface area contributed by atoms with Crippen LogP contribution in [-0.4, -0.2) is 44.7 Å². The molecule has 1 heterocycles. The van der Waals surface area contributed by atoms with E-state index >= 15 is 0 Å². The van der Waals surface area contributed by atoms with Crippen LogP contribution in [0.2, 0.25) is 5.02 Å². The second kappa shape index (κ2) is 7.10. The summed E-state index contributed by atoms with van der Waals surface area (Å²) in [7, 11) is 1.72. The van der Waals surface area contributed by atoms with Gasteiger partial charge in [-0.25, -0.2) is 0 Å². The highest BCUT2D eigenvalue weighted by atomic mass is 35.5. The zero-order valence-corrected chi connectivity index (χ0v) is 11.7. The topological polar surface area (TPSA) is 24.5 Å². The number of halogens is 1. The zero-order chi connectivity index (χ0) is 12.8. The molecule has 1 aliphatic heterocycles. The first kappa shape index (κ1) is 13.8. The molecule has 1 saturated heterocycles. The molecule has 18 heavy (non-hydrogen) atoms. The molecule has 2 rings (SSSR count). The summed E-state index contributed by atoms with van der Waals surface area (Å²) in [5, 5.41) is 4.16. The number of methoxy groups -OCH3 is 1. The SMILES string of the molecule is COCc1cc(Cl)ccc1CCN1CCNCC1. The molecular weight excluding hydrogens is 248 g/mol. The summed E-state index contributed by atoms with van der Waals surface area (Å²) >= 11 is 6.03. The Balaban J connectivity index is 1.94.